The number of anilines is 1. The summed E-state index contributed by atoms with van der Waals surface area (Å²) in [4.78, 5) is 45.5. The molecule has 0 radical (unpaired) electrons. The molecule has 2 amide bonds. The lowest BCUT2D eigenvalue weighted by atomic mass is 9.98. The molecule has 1 atom stereocenters. The van der Waals surface area contributed by atoms with Gasteiger partial charge in [-0.25, -0.2) is 14.2 Å². The van der Waals surface area contributed by atoms with Gasteiger partial charge < -0.3 is 15.5 Å². The maximum absolute atomic E-state index is 13.9. The number of benzene rings is 1. The van der Waals surface area contributed by atoms with Gasteiger partial charge >= 0.3 is 6.18 Å². The van der Waals surface area contributed by atoms with E-state index in [1.54, 1.807) is 6.92 Å². The number of nitrogens with one attached hydrogen (secondary N) is 2. The molecule has 15 heteroatoms. The van der Waals surface area contributed by atoms with E-state index in [9.17, 15) is 27.6 Å². The highest BCUT2D eigenvalue weighted by atomic mass is 35.5. The Morgan fingerprint density at radius 3 is 2.48 bits per heavy atom. The summed E-state index contributed by atoms with van der Waals surface area (Å²) >= 11 is 12.2. The molecule has 40 heavy (non-hydrogen) atoms. The summed E-state index contributed by atoms with van der Waals surface area (Å²) in [6.45, 7) is 5.22. The lowest BCUT2D eigenvalue weighted by molar-refractivity contribution is -0.137. The van der Waals surface area contributed by atoms with E-state index >= 15 is 0 Å². The first kappa shape index (κ1) is 29.4. The number of aromatic nitrogens is 4. The zero-order valence-electron chi connectivity index (χ0n) is 22.2. The van der Waals surface area contributed by atoms with Gasteiger partial charge in [0.1, 0.15) is 5.02 Å². The van der Waals surface area contributed by atoms with Crippen LogP contribution in [-0.2, 0) is 26.2 Å². The summed E-state index contributed by atoms with van der Waals surface area (Å²) in [6.07, 6.45) is -4.66. The zero-order chi connectivity index (χ0) is 29.7. The first-order chi connectivity index (χ1) is 18.6. The molecule has 1 aliphatic rings. The molecule has 3 aromatic rings. The van der Waals surface area contributed by atoms with E-state index in [1.807, 2.05) is 13.8 Å². The van der Waals surface area contributed by atoms with Crippen molar-refractivity contribution in [3.05, 3.63) is 66.7 Å². The van der Waals surface area contributed by atoms with Crippen LogP contribution >= 0.6 is 23.2 Å². The number of halogens is 5. The minimum atomic E-state index is -4.73. The summed E-state index contributed by atoms with van der Waals surface area (Å²) in [7, 11) is 2.96. The van der Waals surface area contributed by atoms with Crippen molar-refractivity contribution in [2.24, 2.45) is 7.05 Å². The van der Waals surface area contributed by atoms with E-state index < -0.39 is 40.2 Å². The van der Waals surface area contributed by atoms with E-state index in [4.69, 9.17) is 23.2 Å². The number of amides is 2. The van der Waals surface area contributed by atoms with Crippen molar-refractivity contribution >= 4 is 41.0 Å². The average molecular weight is 600 g/mol. The molecule has 1 aliphatic heterocycles. The summed E-state index contributed by atoms with van der Waals surface area (Å²) in [6, 6.07) is 2.25. The van der Waals surface area contributed by atoms with E-state index in [0.29, 0.717) is 5.56 Å². The Hall–Kier alpha value is -3.58. The summed E-state index contributed by atoms with van der Waals surface area (Å²) in [5.41, 5.74) is -1.27. The largest absolute Gasteiger partial charge is 0.417 e. The van der Waals surface area contributed by atoms with Gasteiger partial charge in [0, 0.05) is 37.3 Å². The van der Waals surface area contributed by atoms with Crippen LogP contribution < -0.4 is 16.2 Å². The molecule has 0 aliphatic carbocycles. The van der Waals surface area contributed by atoms with Crippen LogP contribution in [-0.4, -0.2) is 55.2 Å². The van der Waals surface area contributed by atoms with E-state index in [0.717, 1.165) is 12.1 Å². The van der Waals surface area contributed by atoms with Gasteiger partial charge in [-0.1, -0.05) is 23.2 Å². The van der Waals surface area contributed by atoms with Crippen molar-refractivity contribution in [2.45, 2.75) is 52.0 Å². The number of nitrogens with zero attached hydrogens (tertiary/aromatic N) is 5. The van der Waals surface area contributed by atoms with Crippen LogP contribution in [0.1, 0.15) is 58.4 Å². The molecular weight excluding hydrogens is 574 g/mol. The topological polar surface area (TPSA) is 114 Å². The Balaban J connectivity index is 1.82. The minimum absolute atomic E-state index is 0.0543. The molecule has 0 fully saturated rings. The maximum Gasteiger partial charge on any atom is 0.417 e. The number of alkyl halides is 3. The van der Waals surface area contributed by atoms with Crippen LogP contribution in [0.3, 0.4) is 0 Å². The second kappa shape index (κ2) is 10.8. The van der Waals surface area contributed by atoms with Crippen molar-refractivity contribution in [1.82, 2.24) is 29.5 Å². The molecule has 1 aromatic carbocycles. The quantitative estimate of drug-likeness (QED) is 0.457. The molecule has 0 saturated carbocycles. The number of carbonyl (C=O) groups is 2. The normalized spacial score (nSPS) is 15.3. The Morgan fingerprint density at radius 1 is 1.20 bits per heavy atom. The molecule has 214 valence electrons. The standard InChI is InChI=1S/C25H26Cl2F3N7O3/c1-11(2)32-24-33-17-10-36(22(39)13-6-7-16(26)15(9-13)25(28,29)30)12(3)8-14(17)23(40)37(24)21-18(27)19(20(38)31-4)34-35(21)5/h6-7,9,11-12H,8,10H2,1-5H3,(H,31,38)(H,32,33)/t12-/m1/s1. The predicted octanol–water partition coefficient (Wildman–Crippen LogP) is 4.06. The van der Waals surface area contributed by atoms with Crippen molar-refractivity contribution in [3.63, 3.8) is 0 Å². The molecule has 10 nitrogen and oxygen atoms in total. The Bertz CT molecular complexity index is 1570. The summed E-state index contributed by atoms with van der Waals surface area (Å²) in [5.74, 6) is -0.979. The van der Waals surface area contributed by atoms with Crippen LogP contribution in [0.2, 0.25) is 10.0 Å². The minimum Gasteiger partial charge on any atom is -0.354 e. The van der Waals surface area contributed by atoms with Crippen LogP contribution in [0.5, 0.6) is 0 Å². The Morgan fingerprint density at radius 2 is 1.88 bits per heavy atom. The average Bonchev–Trinajstić information content (AvgIpc) is 3.16. The first-order valence-electron chi connectivity index (χ1n) is 12.2. The van der Waals surface area contributed by atoms with Crippen LogP contribution in [0.15, 0.2) is 23.0 Å². The molecule has 0 spiro atoms. The van der Waals surface area contributed by atoms with E-state index in [-0.39, 0.29) is 52.7 Å². The number of carbonyl (C=O) groups excluding carboxylic acids is 2. The van der Waals surface area contributed by atoms with Crippen molar-refractivity contribution < 1.29 is 22.8 Å². The van der Waals surface area contributed by atoms with Gasteiger partial charge in [0.25, 0.3) is 17.4 Å². The summed E-state index contributed by atoms with van der Waals surface area (Å²) in [5, 5.41) is 9.14. The van der Waals surface area contributed by atoms with Crippen molar-refractivity contribution in [2.75, 3.05) is 12.4 Å². The van der Waals surface area contributed by atoms with Gasteiger partial charge in [-0.2, -0.15) is 18.3 Å². The molecular formula is C25H26Cl2F3N7O3. The van der Waals surface area contributed by atoms with E-state index in [2.05, 4.69) is 20.7 Å². The van der Waals surface area contributed by atoms with Gasteiger partial charge in [-0.3, -0.25) is 14.4 Å². The highest BCUT2D eigenvalue weighted by Crippen LogP contribution is 2.36. The van der Waals surface area contributed by atoms with Crippen LogP contribution in [0, 0.1) is 0 Å². The van der Waals surface area contributed by atoms with Gasteiger partial charge in [0.2, 0.25) is 5.95 Å². The summed E-state index contributed by atoms with van der Waals surface area (Å²) < 4.78 is 42.7. The fourth-order valence-corrected chi connectivity index (χ4v) is 5.07. The second-order valence-electron chi connectivity index (χ2n) is 9.67. The molecule has 0 unspecified atom stereocenters. The molecule has 2 aromatic heterocycles. The number of rotatable bonds is 5. The monoisotopic (exact) mass is 599 g/mol. The van der Waals surface area contributed by atoms with Gasteiger partial charge in [0.05, 0.1) is 22.8 Å². The Kier molecular flexibility index (Phi) is 7.92. The fraction of sp³-hybridized carbons (Fsp3) is 0.400. The van der Waals surface area contributed by atoms with Crippen molar-refractivity contribution in [1.29, 1.82) is 0 Å². The number of hydrogen-bond donors (Lipinski definition) is 2. The van der Waals surface area contributed by atoms with Gasteiger partial charge in [-0.15, -0.1) is 0 Å². The second-order valence-corrected chi connectivity index (χ2v) is 10.5. The third-order valence-corrected chi connectivity index (χ3v) is 7.10. The molecule has 4 rings (SSSR count). The smallest absolute Gasteiger partial charge is 0.354 e. The lowest BCUT2D eigenvalue weighted by Crippen LogP contribution is -2.46. The predicted molar refractivity (Wildman–Crippen MR) is 143 cm³/mol. The first-order valence-corrected chi connectivity index (χ1v) is 12.9. The van der Waals surface area contributed by atoms with Gasteiger partial charge in [0.15, 0.2) is 11.5 Å². The highest BCUT2D eigenvalue weighted by Gasteiger charge is 2.36. The van der Waals surface area contributed by atoms with Crippen LogP contribution in [0.25, 0.3) is 5.82 Å². The number of aryl methyl sites for hydroxylation is 1. The van der Waals surface area contributed by atoms with Crippen LogP contribution in [0.4, 0.5) is 19.1 Å². The molecule has 0 saturated heterocycles. The number of hydrogen-bond acceptors (Lipinski definition) is 6. The van der Waals surface area contributed by atoms with Gasteiger partial charge in [-0.05, 0) is 45.4 Å². The molecule has 0 bridgehead atoms. The lowest BCUT2D eigenvalue weighted by Gasteiger charge is -2.35. The fourth-order valence-electron chi connectivity index (χ4n) is 4.52. The number of fused-ring (bicyclic) bond motifs is 1. The third kappa shape index (κ3) is 5.27. The highest BCUT2D eigenvalue weighted by molar-refractivity contribution is 6.35. The zero-order valence-corrected chi connectivity index (χ0v) is 23.7. The van der Waals surface area contributed by atoms with Crippen molar-refractivity contribution in [3.8, 4) is 5.82 Å². The Labute approximate surface area is 237 Å². The molecule has 2 N–H and O–H groups in total. The maximum atomic E-state index is 13.9. The SMILES string of the molecule is CNC(=O)c1nn(C)c(-n2c(NC(C)C)nc3c(c2=O)C[C@@H](C)N(C(=O)c2ccc(Cl)c(C(F)(F)F)c2)C3)c1Cl. The third-order valence-electron chi connectivity index (χ3n) is 6.43. The van der Waals surface area contributed by atoms with E-state index in [1.165, 1.54) is 34.3 Å². The molecule has 3 heterocycles.